The molecule has 1 amide bonds. The first kappa shape index (κ1) is 11.9. The average Bonchev–Trinajstić information content (AvgIpc) is 2.75. The first-order valence-electron chi connectivity index (χ1n) is 5.68. The Labute approximate surface area is 101 Å². The smallest absolute Gasteiger partial charge is 0.232 e. The number of pyridine rings is 1. The predicted octanol–water partition coefficient (Wildman–Crippen LogP) is 1.05. The normalized spacial score (nSPS) is 23.6. The maximum Gasteiger partial charge on any atom is 0.232 e. The number of ether oxygens (including phenoxy) is 1. The lowest BCUT2D eigenvalue weighted by Gasteiger charge is -2.21. The third-order valence-electron chi connectivity index (χ3n) is 3.07. The van der Waals surface area contributed by atoms with Gasteiger partial charge in [-0.3, -0.25) is 9.78 Å². The molecule has 2 unspecified atom stereocenters. The lowest BCUT2D eigenvalue weighted by Crippen LogP contribution is -2.33. The Balaban J connectivity index is 2.12. The molecule has 2 heterocycles. The standard InChI is InChI=1S/C12H17N3O2/c1-8-5-9(7-17-8)12(16)15(2)11-3-4-14-6-10(11)13/h3-4,6,8-9H,5,7,13H2,1-2H3. The van der Waals surface area contributed by atoms with Gasteiger partial charge in [-0.05, 0) is 19.4 Å². The van der Waals surface area contributed by atoms with Gasteiger partial charge in [0.05, 0.1) is 36.2 Å². The maximum absolute atomic E-state index is 12.2. The number of carbonyl (C=O) groups is 1. The van der Waals surface area contributed by atoms with Crippen molar-refractivity contribution in [2.45, 2.75) is 19.4 Å². The highest BCUT2D eigenvalue weighted by atomic mass is 16.5. The first-order valence-corrected chi connectivity index (χ1v) is 5.68. The summed E-state index contributed by atoms with van der Waals surface area (Å²) in [6.45, 7) is 2.48. The summed E-state index contributed by atoms with van der Waals surface area (Å²) in [5.41, 5.74) is 7.01. The van der Waals surface area contributed by atoms with Crippen molar-refractivity contribution < 1.29 is 9.53 Å². The van der Waals surface area contributed by atoms with E-state index in [1.807, 2.05) is 6.92 Å². The summed E-state index contributed by atoms with van der Waals surface area (Å²) < 4.78 is 5.41. The molecule has 17 heavy (non-hydrogen) atoms. The van der Waals surface area contributed by atoms with Gasteiger partial charge < -0.3 is 15.4 Å². The summed E-state index contributed by atoms with van der Waals surface area (Å²) in [5, 5.41) is 0. The quantitative estimate of drug-likeness (QED) is 0.832. The fourth-order valence-electron chi connectivity index (χ4n) is 2.09. The van der Waals surface area contributed by atoms with E-state index in [0.717, 1.165) is 6.42 Å². The number of nitrogens with two attached hydrogens (primary N) is 1. The van der Waals surface area contributed by atoms with Crippen molar-refractivity contribution >= 4 is 17.3 Å². The zero-order valence-corrected chi connectivity index (χ0v) is 10.1. The molecule has 2 atom stereocenters. The predicted molar refractivity (Wildman–Crippen MR) is 65.6 cm³/mol. The lowest BCUT2D eigenvalue weighted by atomic mass is 10.0. The number of anilines is 2. The van der Waals surface area contributed by atoms with Gasteiger partial charge >= 0.3 is 0 Å². The van der Waals surface area contributed by atoms with Crippen LogP contribution in [0.3, 0.4) is 0 Å². The Morgan fingerprint density at radius 2 is 2.41 bits per heavy atom. The number of hydrogen-bond donors (Lipinski definition) is 1. The van der Waals surface area contributed by atoms with Gasteiger partial charge in [0.25, 0.3) is 0 Å². The second-order valence-corrected chi connectivity index (χ2v) is 4.41. The van der Waals surface area contributed by atoms with E-state index in [9.17, 15) is 4.79 Å². The molecule has 2 rings (SSSR count). The number of carbonyl (C=O) groups excluding carboxylic acids is 1. The van der Waals surface area contributed by atoms with Crippen LogP contribution in [0, 0.1) is 5.92 Å². The molecule has 0 aliphatic carbocycles. The molecule has 0 spiro atoms. The van der Waals surface area contributed by atoms with Gasteiger partial charge in [-0.2, -0.15) is 0 Å². The van der Waals surface area contributed by atoms with Gasteiger partial charge in [0.2, 0.25) is 5.91 Å². The minimum Gasteiger partial charge on any atom is -0.396 e. The summed E-state index contributed by atoms with van der Waals surface area (Å²) in [4.78, 5) is 17.7. The molecule has 1 aliphatic rings. The molecule has 0 saturated carbocycles. The second-order valence-electron chi connectivity index (χ2n) is 4.41. The highest BCUT2D eigenvalue weighted by molar-refractivity contribution is 5.97. The van der Waals surface area contributed by atoms with Crippen molar-refractivity contribution in [2.75, 3.05) is 24.3 Å². The van der Waals surface area contributed by atoms with E-state index in [2.05, 4.69) is 4.98 Å². The van der Waals surface area contributed by atoms with E-state index in [0.29, 0.717) is 18.0 Å². The molecule has 1 saturated heterocycles. The highest BCUT2D eigenvalue weighted by Gasteiger charge is 2.31. The van der Waals surface area contributed by atoms with Gasteiger partial charge in [0.1, 0.15) is 0 Å². The van der Waals surface area contributed by atoms with Crippen LogP contribution in [0.1, 0.15) is 13.3 Å². The SMILES string of the molecule is CC1CC(C(=O)N(C)c2ccncc2N)CO1. The van der Waals surface area contributed by atoms with E-state index in [-0.39, 0.29) is 17.9 Å². The molecule has 1 aliphatic heterocycles. The molecule has 0 bridgehead atoms. The second kappa shape index (κ2) is 4.71. The molecule has 2 N–H and O–H groups in total. The zero-order chi connectivity index (χ0) is 12.4. The van der Waals surface area contributed by atoms with Gasteiger partial charge in [0, 0.05) is 13.2 Å². The molecule has 0 radical (unpaired) electrons. The molecule has 1 aromatic heterocycles. The number of nitrogen functional groups attached to an aromatic ring is 1. The number of rotatable bonds is 2. The molecule has 5 nitrogen and oxygen atoms in total. The summed E-state index contributed by atoms with van der Waals surface area (Å²) >= 11 is 0. The van der Waals surface area contributed by atoms with Gasteiger partial charge in [-0.15, -0.1) is 0 Å². The highest BCUT2D eigenvalue weighted by Crippen LogP contribution is 2.26. The van der Waals surface area contributed by atoms with Crippen LogP contribution in [0.5, 0.6) is 0 Å². The third-order valence-corrected chi connectivity index (χ3v) is 3.07. The van der Waals surface area contributed by atoms with Crippen LogP contribution < -0.4 is 10.6 Å². The minimum absolute atomic E-state index is 0.0484. The fourth-order valence-corrected chi connectivity index (χ4v) is 2.09. The van der Waals surface area contributed by atoms with E-state index < -0.39 is 0 Å². The van der Waals surface area contributed by atoms with E-state index in [1.54, 1.807) is 30.4 Å². The summed E-state index contributed by atoms with van der Waals surface area (Å²) in [5.74, 6) is -0.0187. The Morgan fingerprint density at radius 3 is 3.00 bits per heavy atom. The summed E-state index contributed by atoms with van der Waals surface area (Å²) in [6.07, 6.45) is 4.11. The fraction of sp³-hybridized carbons (Fsp3) is 0.500. The van der Waals surface area contributed by atoms with Gasteiger partial charge in [-0.25, -0.2) is 0 Å². The zero-order valence-electron chi connectivity index (χ0n) is 10.1. The molecule has 92 valence electrons. The summed E-state index contributed by atoms with van der Waals surface area (Å²) in [7, 11) is 1.73. The van der Waals surface area contributed by atoms with Gasteiger partial charge in [0.15, 0.2) is 0 Å². The Hall–Kier alpha value is -1.62. The number of amides is 1. The maximum atomic E-state index is 12.2. The molecular formula is C12H17N3O2. The van der Waals surface area contributed by atoms with Gasteiger partial charge in [-0.1, -0.05) is 0 Å². The van der Waals surface area contributed by atoms with Crippen molar-refractivity contribution in [1.82, 2.24) is 4.98 Å². The van der Waals surface area contributed by atoms with E-state index >= 15 is 0 Å². The van der Waals surface area contributed by atoms with Crippen molar-refractivity contribution in [3.8, 4) is 0 Å². The third kappa shape index (κ3) is 2.39. The van der Waals surface area contributed by atoms with Crippen molar-refractivity contribution in [3.63, 3.8) is 0 Å². The Bertz CT molecular complexity index is 422. The van der Waals surface area contributed by atoms with E-state index in [4.69, 9.17) is 10.5 Å². The van der Waals surface area contributed by atoms with Crippen LogP contribution in [0.2, 0.25) is 0 Å². The molecular weight excluding hydrogens is 218 g/mol. The van der Waals surface area contributed by atoms with E-state index in [1.165, 1.54) is 0 Å². The molecule has 5 heteroatoms. The minimum atomic E-state index is -0.0671. The topological polar surface area (TPSA) is 68.5 Å². The number of nitrogens with zero attached hydrogens (tertiary/aromatic N) is 2. The first-order chi connectivity index (χ1) is 8.09. The Kier molecular flexibility index (Phi) is 3.28. The van der Waals surface area contributed by atoms with Crippen LogP contribution in [-0.4, -0.2) is 30.6 Å². The van der Waals surface area contributed by atoms with Crippen LogP contribution in [-0.2, 0) is 9.53 Å². The molecule has 0 aromatic carbocycles. The average molecular weight is 235 g/mol. The lowest BCUT2D eigenvalue weighted by molar-refractivity contribution is -0.122. The van der Waals surface area contributed by atoms with Crippen LogP contribution in [0.25, 0.3) is 0 Å². The van der Waals surface area contributed by atoms with Crippen LogP contribution in [0.15, 0.2) is 18.5 Å². The largest absolute Gasteiger partial charge is 0.396 e. The monoisotopic (exact) mass is 235 g/mol. The van der Waals surface area contributed by atoms with Crippen molar-refractivity contribution in [3.05, 3.63) is 18.5 Å². The van der Waals surface area contributed by atoms with Crippen LogP contribution in [0.4, 0.5) is 11.4 Å². The number of aromatic nitrogens is 1. The number of hydrogen-bond acceptors (Lipinski definition) is 4. The molecule has 1 aromatic rings. The Morgan fingerprint density at radius 1 is 1.65 bits per heavy atom. The van der Waals surface area contributed by atoms with Crippen molar-refractivity contribution in [1.29, 1.82) is 0 Å². The van der Waals surface area contributed by atoms with Crippen LogP contribution >= 0.6 is 0 Å². The molecule has 1 fully saturated rings. The van der Waals surface area contributed by atoms with Crippen molar-refractivity contribution in [2.24, 2.45) is 5.92 Å². The summed E-state index contributed by atoms with van der Waals surface area (Å²) in [6, 6.07) is 1.74.